The number of amides is 3. The van der Waals surface area contributed by atoms with E-state index >= 15 is 0 Å². The van der Waals surface area contributed by atoms with Gasteiger partial charge in [0.2, 0.25) is 17.7 Å². The van der Waals surface area contributed by atoms with Gasteiger partial charge in [0, 0.05) is 12.3 Å². The van der Waals surface area contributed by atoms with Crippen LogP contribution >= 0.6 is 0 Å². The first-order valence-electron chi connectivity index (χ1n) is 5.57. The monoisotopic (exact) mass is 225 g/mol. The molecule has 1 aliphatic rings. The van der Waals surface area contributed by atoms with Gasteiger partial charge in [-0.1, -0.05) is 34.6 Å². The van der Waals surface area contributed by atoms with E-state index < -0.39 is 0 Å². The molecule has 0 N–H and O–H groups in total. The Hall–Kier alpha value is -1.19. The SMILES string of the molecule is CC(C)C(=O)N1C(=O)CC(C(C)(C)C)C1=O. The standard InChI is InChI=1S/C12H19NO3/c1-7(2)10(15)13-9(14)6-8(11(13)16)12(3,4)5/h7-8H,6H2,1-5H3. The van der Waals surface area contributed by atoms with Crippen molar-refractivity contribution < 1.29 is 14.4 Å². The van der Waals surface area contributed by atoms with Crippen molar-refractivity contribution in [3.05, 3.63) is 0 Å². The Balaban J connectivity index is 2.97. The van der Waals surface area contributed by atoms with Gasteiger partial charge >= 0.3 is 0 Å². The van der Waals surface area contributed by atoms with Crippen LogP contribution in [-0.4, -0.2) is 22.6 Å². The van der Waals surface area contributed by atoms with Crippen molar-refractivity contribution in [2.24, 2.45) is 17.3 Å². The van der Waals surface area contributed by atoms with E-state index in [4.69, 9.17) is 0 Å². The largest absolute Gasteiger partial charge is 0.274 e. The fourth-order valence-electron chi connectivity index (χ4n) is 1.80. The molecule has 4 nitrogen and oxygen atoms in total. The zero-order valence-corrected chi connectivity index (χ0v) is 10.5. The Morgan fingerprint density at radius 2 is 1.81 bits per heavy atom. The molecule has 0 aromatic heterocycles. The first-order chi connectivity index (χ1) is 7.16. The second-order valence-corrected chi connectivity index (χ2v) is 5.68. The van der Waals surface area contributed by atoms with Crippen LogP contribution in [-0.2, 0) is 14.4 Å². The molecule has 1 fully saturated rings. The van der Waals surface area contributed by atoms with Gasteiger partial charge in [-0.15, -0.1) is 0 Å². The maximum Gasteiger partial charge on any atom is 0.240 e. The lowest BCUT2D eigenvalue weighted by Crippen LogP contribution is -2.40. The minimum absolute atomic E-state index is 0.154. The van der Waals surface area contributed by atoms with Crippen molar-refractivity contribution in [3.63, 3.8) is 0 Å². The summed E-state index contributed by atoms with van der Waals surface area (Å²) in [6.45, 7) is 9.10. The smallest absolute Gasteiger partial charge is 0.240 e. The van der Waals surface area contributed by atoms with Gasteiger partial charge in [0.05, 0.1) is 5.92 Å². The van der Waals surface area contributed by atoms with Crippen LogP contribution in [0.3, 0.4) is 0 Å². The average molecular weight is 225 g/mol. The first kappa shape index (κ1) is 12.9. The number of nitrogens with zero attached hydrogens (tertiary/aromatic N) is 1. The Morgan fingerprint density at radius 1 is 1.31 bits per heavy atom. The molecule has 0 radical (unpaired) electrons. The van der Waals surface area contributed by atoms with Gasteiger partial charge in [0.25, 0.3) is 0 Å². The molecule has 1 atom stereocenters. The maximum atomic E-state index is 12.0. The predicted molar refractivity (Wildman–Crippen MR) is 59.3 cm³/mol. The van der Waals surface area contributed by atoms with Crippen LogP contribution < -0.4 is 0 Å². The molecule has 90 valence electrons. The van der Waals surface area contributed by atoms with Crippen molar-refractivity contribution in [2.75, 3.05) is 0 Å². The van der Waals surface area contributed by atoms with Gasteiger partial charge in [-0.05, 0) is 5.41 Å². The number of likely N-dealkylation sites (tertiary alicyclic amines) is 1. The molecule has 1 heterocycles. The molecule has 0 aromatic carbocycles. The molecule has 1 rings (SSSR count). The molecule has 1 unspecified atom stereocenters. The number of hydrogen-bond acceptors (Lipinski definition) is 3. The van der Waals surface area contributed by atoms with Crippen LogP contribution in [0.25, 0.3) is 0 Å². The van der Waals surface area contributed by atoms with E-state index in [0.29, 0.717) is 0 Å². The minimum Gasteiger partial charge on any atom is -0.274 e. The van der Waals surface area contributed by atoms with E-state index in [1.165, 1.54) is 0 Å². The molecule has 3 amide bonds. The lowest BCUT2D eigenvalue weighted by atomic mass is 9.80. The Labute approximate surface area is 96.0 Å². The minimum atomic E-state index is -0.387. The molecule has 0 spiro atoms. The van der Waals surface area contributed by atoms with Crippen LogP contribution in [0.15, 0.2) is 0 Å². The number of rotatable bonds is 1. The van der Waals surface area contributed by atoms with Crippen molar-refractivity contribution >= 4 is 17.7 Å². The fourth-order valence-corrected chi connectivity index (χ4v) is 1.80. The van der Waals surface area contributed by atoms with Gasteiger partial charge in [-0.25, -0.2) is 4.90 Å². The summed E-state index contributed by atoms with van der Waals surface area (Å²) in [4.78, 5) is 36.2. The Bertz CT molecular complexity index is 339. The second-order valence-electron chi connectivity index (χ2n) is 5.68. The molecule has 1 saturated heterocycles. The molecule has 0 saturated carbocycles. The highest BCUT2D eigenvalue weighted by molar-refractivity contribution is 6.16. The Kier molecular flexibility index (Phi) is 3.22. The van der Waals surface area contributed by atoms with Crippen molar-refractivity contribution in [1.29, 1.82) is 0 Å². The highest BCUT2D eigenvalue weighted by Crippen LogP contribution is 2.35. The van der Waals surface area contributed by atoms with Gasteiger partial charge in [0.15, 0.2) is 0 Å². The van der Waals surface area contributed by atoms with E-state index in [1.54, 1.807) is 13.8 Å². The topological polar surface area (TPSA) is 54.5 Å². The zero-order valence-electron chi connectivity index (χ0n) is 10.5. The third-order valence-corrected chi connectivity index (χ3v) is 2.91. The van der Waals surface area contributed by atoms with Crippen LogP contribution in [0.2, 0.25) is 0 Å². The van der Waals surface area contributed by atoms with Gasteiger partial charge in [-0.3, -0.25) is 14.4 Å². The van der Waals surface area contributed by atoms with E-state index in [-0.39, 0.29) is 41.4 Å². The maximum absolute atomic E-state index is 12.0. The summed E-state index contributed by atoms with van der Waals surface area (Å²) in [6.07, 6.45) is 0.154. The molecule has 4 heteroatoms. The van der Waals surface area contributed by atoms with Crippen molar-refractivity contribution in [3.8, 4) is 0 Å². The highest BCUT2D eigenvalue weighted by Gasteiger charge is 2.47. The molecule has 0 aromatic rings. The predicted octanol–water partition coefficient (Wildman–Crippen LogP) is 1.59. The summed E-state index contributed by atoms with van der Waals surface area (Å²) in [5, 5.41) is 0. The quantitative estimate of drug-likeness (QED) is 0.637. The molecular formula is C12H19NO3. The van der Waals surface area contributed by atoms with E-state index in [9.17, 15) is 14.4 Å². The fraction of sp³-hybridized carbons (Fsp3) is 0.750. The van der Waals surface area contributed by atoms with Crippen LogP contribution in [0.4, 0.5) is 0 Å². The normalized spacial score (nSPS) is 22.1. The summed E-state index contributed by atoms with van der Waals surface area (Å²) in [5.41, 5.74) is -0.279. The van der Waals surface area contributed by atoms with Crippen molar-refractivity contribution in [1.82, 2.24) is 4.90 Å². The molecular weight excluding hydrogens is 206 g/mol. The molecule has 0 aliphatic carbocycles. The number of carbonyl (C=O) groups excluding carboxylic acids is 3. The van der Waals surface area contributed by atoms with Gasteiger partial charge in [0.1, 0.15) is 0 Å². The number of hydrogen-bond donors (Lipinski definition) is 0. The Morgan fingerprint density at radius 3 is 2.12 bits per heavy atom. The van der Waals surface area contributed by atoms with E-state index in [0.717, 1.165) is 4.90 Å². The number of carbonyl (C=O) groups is 3. The summed E-state index contributed by atoms with van der Waals surface area (Å²) < 4.78 is 0. The summed E-state index contributed by atoms with van der Waals surface area (Å²) in [5.74, 6) is -1.78. The van der Waals surface area contributed by atoms with Crippen molar-refractivity contribution in [2.45, 2.75) is 41.0 Å². The zero-order chi connectivity index (χ0) is 12.7. The second kappa shape index (κ2) is 4.00. The lowest BCUT2D eigenvalue weighted by Gasteiger charge is -2.24. The summed E-state index contributed by atoms with van der Waals surface area (Å²) in [7, 11) is 0. The highest BCUT2D eigenvalue weighted by atomic mass is 16.2. The molecule has 1 aliphatic heterocycles. The van der Waals surface area contributed by atoms with Crippen LogP contribution in [0.1, 0.15) is 41.0 Å². The number of imide groups is 3. The first-order valence-corrected chi connectivity index (χ1v) is 5.57. The lowest BCUT2D eigenvalue weighted by molar-refractivity contribution is -0.152. The van der Waals surface area contributed by atoms with Crippen LogP contribution in [0, 0.1) is 17.3 Å². The third-order valence-electron chi connectivity index (χ3n) is 2.91. The summed E-state index contributed by atoms with van der Waals surface area (Å²) in [6, 6.07) is 0. The van der Waals surface area contributed by atoms with Crippen LogP contribution in [0.5, 0.6) is 0 Å². The molecule has 16 heavy (non-hydrogen) atoms. The summed E-state index contributed by atoms with van der Waals surface area (Å²) >= 11 is 0. The third kappa shape index (κ3) is 2.15. The van der Waals surface area contributed by atoms with Gasteiger partial charge in [-0.2, -0.15) is 0 Å². The molecule has 0 bridgehead atoms. The van der Waals surface area contributed by atoms with Gasteiger partial charge < -0.3 is 0 Å². The average Bonchev–Trinajstić information content (AvgIpc) is 2.40. The van der Waals surface area contributed by atoms with E-state index in [2.05, 4.69) is 0 Å². The van der Waals surface area contributed by atoms with E-state index in [1.807, 2.05) is 20.8 Å².